The highest BCUT2D eigenvalue weighted by Gasteiger charge is 2.26. The van der Waals surface area contributed by atoms with Crippen LogP contribution in [0, 0.1) is 11.3 Å². The van der Waals surface area contributed by atoms with Crippen LogP contribution in [0.3, 0.4) is 0 Å². The molecule has 0 fully saturated rings. The summed E-state index contributed by atoms with van der Waals surface area (Å²) >= 11 is 0. The summed E-state index contributed by atoms with van der Waals surface area (Å²) in [5, 5.41) is 12.9. The highest BCUT2D eigenvalue weighted by atomic mass is 31.2. The summed E-state index contributed by atoms with van der Waals surface area (Å²) in [6.07, 6.45) is 6.28. The smallest absolute Gasteiger partial charge is 0.323 e. The number of nitrogens with zero attached hydrogens (tertiary/aromatic N) is 4. The number of rotatable bonds is 11. The Kier molecular flexibility index (Phi) is 8.46. The zero-order valence-corrected chi connectivity index (χ0v) is 21.9. The summed E-state index contributed by atoms with van der Waals surface area (Å²) in [7, 11) is -3.76. The van der Waals surface area contributed by atoms with Crippen molar-refractivity contribution in [1.82, 2.24) is 14.5 Å². The van der Waals surface area contributed by atoms with Crippen molar-refractivity contribution in [2.45, 2.75) is 20.6 Å². The van der Waals surface area contributed by atoms with Crippen LogP contribution in [0.5, 0.6) is 0 Å². The van der Waals surface area contributed by atoms with E-state index >= 15 is 0 Å². The number of carbonyl (C=O) groups excluding carboxylic acids is 1. The van der Waals surface area contributed by atoms with Gasteiger partial charge in [0.05, 0.1) is 13.2 Å². The van der Waals surface area contributed by atoms with Gasteiger partial charge in [-0.3, -0.25) is 18.4 Å². The van der Waals surface area contributed by atoms with E-state index in [2.05, 4.69) is 27.9 Å². The summed E-state index contributed by atoms with van der Waals surface area (Å²) in [5.74, 6) is -0.308. The molecule has 3 aromatic heterocycles. The first-order chi connectivity index (χ1) is 18.4. The second kappa shape index (κ2) is 11.9. The Balaban J connectivity index is 1.80. The first kappa shape index (κ1) is 26.9. The quantitative estimate of drug-likeness (QED) is 0.187. The third-order valence-electron chi connectivity index (χ3n) is 5.48. The molecule has 0 spiro atoms. The van der Waals surface area contributed by atoms with Crippen molar-refractivity contribution in [1.29, 1.82) is 5.26 Å². The van der Waals surface area contributed by atoms with E-state index in [1.807, 2.05) is 24.3 Å². The lowest BCUT2D eigenvalue weighted by Crippen LogP contribution is -2.07. The highest BCUT2D eigenvalue weighted by Crippen LogP contribution is 2.49. The fourth-order valence-corrected chi connectivity index (χ4v) is 4.97. The summed E-state index contributed by atoms with van der Waals surface area (Å²) in [5.41, 5.74) is 4.62. The molecular formula is C27H26N5O5P. The lowest BCUT2D eigenvalue weighted by molar-refractivity contribution is -0.111. The van der Waals surface area contributed by atoms with Crippen molar-refractivity contribution in [2.24, 2.45) is 0 Å². The lowest BCUT2D eigenvalue weighted by Gasteiger charge is -2.16. The van der Waals surface area contributed by atoms with Gasteiger partial charge in [0.2, 0.25) is 5.91 Å². The summed E-state index contributed by atoms with van der Waals surface area (Å²) in [6, 6.07) is 14.9. The summed E-state index contributed by atoms with van der Waals surface area (Å²) < 4.78 is 30.7. The highest BCUT2D eigenvalue weighted by molar-refractivity contribution is 7.48. The molecule has 194 valence electrons. The van der Waals surface area contributed by atoms with E-state index in [0.717, 1.165) is 27.6 Å². The van der Waals surface area contributed by atoms with Crippen LogP contribution in [0.4, 0.5) is 5.69 Å². The van der Waals surface area contributed by atoms with E-state index in [0.29, 0.717) is 11.3 Å². The normalized spacial score (nSPS) is 11.3. The zero-order valence-electron chi connectivity index (χ0n) is 21.0. The van der Waals surface area contributed by atoms with E-state index in [4.69, 9.17) is 13.6 Å². The Morgan fingerprint density at radius 2 is 1.89 bits per heavy atom. The van der Waals surface area contributed by atoms with Crippen LogP contribution in [0.15, 0.2) is 73.7 Å². The number of pyridine rings is 2. The Labute approximate surface area is 220 Å². The third kappa shape index (κ3) is 6.05. The predicted molar refractivity (Wildman–Crippen MR) is 144 cm³/mol. The van der Waals surface area contributed by atoms with Gasteiger partial charge in [0.25, 0.3) is 0 Å². The number of nitrogens with one attached hydrogen (secondary N) is 1. The molecule has 1 aromatic carbocycles. The monoisotopic (exact) mass is 531 g/mol. The number of benzene rings is 1. The van der Waals surface area contributed by atoms with Gasteiger partial charge in [0.15, 0.2) is 0 Å². The predicted octanol–water partition coefficient (Wildman–Crippen LogP) is 5.92. The fraction of sp³-hybridized carbons (Fsp3) is 0.185. The van der Waals surface area contributed by atoms with Gasteiger partial charge in [-0.1, -0.05) is 18.7 Å². The molecule has 0 aliphatic heterocycles. The van der Waals surface area contributed by atoms with Crippen molar-refractivity contribution in [3.8, 4) is 28.3 Å². The average molecular weight is 532 g/mol. The van der Waals surface area contributed by atoms with E-state index in [9.17, 15) is 14.6 Å². The van der Waals surface area contributed by atoms with Crippen molar-refractivity contribution in [2.75, 3.05) is 18.5 Å². The molecule has 11 heteroatoms. The molecule has 10 nitrogen and oxygen atoms in total. The second-order valence-corrected chi connectivity index (χ2v) is 9.63. The van der Waals surface area contributed by atoms with Crippen molar-refractivity contribution in [3.63, 3.8) is 0 Å². The molecule has 0 unspecified atom stereocenters. The molecule has 4 aromatic rings. The number of aromatic nitrogens is 3. The number of hydrogen-bond acceptors (Lipinski definition) is 8. The zero-order chi connectivity index (χ0) is 27.1. The summed E-state index contributed by atoms with van der Waals surface area (Å²) in [6.45, 7) is 7.08. The third-order valence-corrected chi connectivity index (χ3v) is 7.06. The molecule has 38 heavy (non-hydrogen) atoms. The second-order valence-electron chi connectivity index (χ2n) is 7.96. The standard InChI is InChI=1S/C27H26N5O5P/c1-4-26(33)31-22-9-7-8-19(12-22)21-14-24-25(20-10-11-29-23(13-20)15-28)17-32(27(24)30-16-21)18-37-38(34,35-5-2)36-6-3/h4,7-14,16-17H,1,5-6,18H2,2-3H3,(H,31,33). The number of phosphoric ester groups is 1. The molecule has 0 saturated heterocycles. The Hall–Kier alpha value is -4.13. The molecule has 0 aliphatic rings. The van der Waals surface area contributed by atoms with Crippen molar-refractivity contribution in [3.05, 3.63) is 79.4 Å². The molecule has 3 heterocycles. The van der Waals surface area contributed by atoms with Crippen LogP contribution in [-0.2, 0) is 29.7 Å². The number of carbonyl (C=O) groups is 1. The molecular weight excluding hydrogens is 505 g/mol. The minimum Gasteiger partial charge on any atom is -0.323 e. The average Bonchev–Trinajstić information content (AvgIpc) is 3.30. The van der Waals surface area contributed by atoms with E-state index in [1.165, 1.54) is 6.08 Å². The number of fused-ring (bicyclic) bond motifs is 1. The van der Waals surface area contributed by atoms with Crippen LogP contribution >= 0.6 is 7.82 Å². The van der Waals surface area contributed by atoms with Crippen LogP contribution in [0.25, 0.3) is 33.3 Å². The van der Waals surface area contributed by atoms with E-state index in [1.54, 1.807) is 55.2 Å². The van der Waals surface area contributed by atoms with Crippen LogP contribution in [-0.4, -0.2) is 33.7 Å². The molecule has 0 aliphatic carbocycles. The molecule has 0 bridgehead atoms. The minimum absolute atomic E-state index is 0.139. The van der Waals surface area contributed by atoms with Gasteiger partial charge >= 0.3 is 7.82 Å². The topological polar surface area (TPSA) is 128 Å². The maximum Gasteiger partial charge on any atom is 0.476 e. The first-order valence-corrected chi connectivity index (χ1v) is 13.3. The fourth-order valence-electron chi connectivity index (χ4n) is 3.85. The van der Waals surface area contributed by atoms with Crippen LogP contribution in [0.1, 0.15) is 19.5 Å². The number of anilines is 1. The van der Waals surface area contributed by atoms with Gasteiger partial charge in [-0.2, -0.15) is 5.26 Å². The van der Waals surface area contributed by atoms with Crippen LogP contribution < -0.4 is 5.32 Å². The molecule has 1 N–H and O–H groups in total. The summed E-state index contributed by atoms with van der Waals surface area (Å²) in [4.78, 5) is 20.5. The van der Waals surface area contributed by atoms with Gasteiger partial charge in [-0.05, 0) is 61.4 Å². The molecule has 0 saturated carbocycles. The Morgan fingerprint density at radius 1 is 1.11 bits per heavy atom. The lowest BCUT2D eigenvalue weighted by atomic mass is 10.0. The van der Waals surface area contributed by atoms with E-state index < -0.39 is 7.82 Å². The first-order valence-electron chi connectivity index (χ1n) is 11.8. The van der Waals surface area contributed by atoms with Crippen LogP contribution in [0.2, 0.25) is 0 Å². The Bertz CT molecular complexity index is 1570. The van der Waals surface area contributed by atoms with Gasteiger partial charge < -0.3 is 9.88 Å². The SMILES string of the molecule is C=CC(=O)Nc1cccc(-c2cnc3c(c2)c(-c2ccnc(C#N)c2)cn3COP(=O)(OCC)OCC)c1. The minimum atomic E-state index is -3.76. The van der Waals surface area contributed by atoms with Gasteiger partial charge in [0, 0.05) is 40.8 Å². The maximum atomic E-state index is 12.9. The van der Waals surface area contributed by atoms with E-state index in [-0.39, 0.29) is 31.5 Å². The van der Waals surface area contributed by atoms with Crippen molar-refractivity contribution >= 4 is 30.5 Å². The molecule has 1 amide bonds. The largest absolute Gasteiger partial charge is 0.476 e. The Morgan fingerprint density at radius 3 is 2.61 bits per heavy atom. The molecule has 0 atom stereocenters. The van der Waals surface area contributed by atoms with Gasteiger partial charge in [-0.25, -0.2) is 14.5 Å². The number of nitriles is 1. The molecule has 0 radical (unpaired) electrons. The van der Waals surface area contributed by atoms with Crippen molar-refractivity contribution < 1.29 is 22.9 Å². The number of amides is 1. The van der Waals surface area contributed by atoms with Gasteiger partial charge in [0.1, 0.15) is 24.1 Å². The molecule has 4 rings (SSSR count). The maximum absolute atomic E-state index is 12.9. The number of hydrogen-bond donors (Lipinski definition) is 1. The number of phosphoric acid groups is 1. The van der Waals surface area contributed by atoms with Gasteiger partial charge in [-0.15, -0.1) is 0 Å².